The maximum atomic E-state index is 5.72. The Bertz CT molecular complexity index is 985. The number of fused-ring (bicyclic) bond motifs is 1. The van der Waals surface area contributed by atoms with Crippen molar-refractivity contribution in [3.63, 3.8) is 0 Å². The molecule has 0 bridgehead atoms. The number of nitrogens with two attached hydrogens (primary N) is 1. The average molecular weight is 340 g/mol. The Morgan fingerprint density at radius 2 is 1.38 bits per heavy atom. The van der Waals surface area contributed by atoms with Gasteiger partial charge in [0.2, 0.25) is 0 Å². The fraction of sp³-hybridized carbons (Fsp3) is 0.167. The first-order valence-corrected chi connectivity index (χ1v) is 9.32. The third kappa shape index (κ3) is 3.29. The molecule has 0 aliphatic carbocycles. The minimum absolute atomic E-state index is 0.748. The van der Waals surface area contributed by atoms with Gasteiger partial charge in [0.05, 0.1) is 0 Å². The van der Waals surface area contributed by atoms with Gasteiger partial charge in [0.15, 0.2) is 0 Å². The Hall–Kier alpha value is -2.84. The van der Waals surface area contributed by atoms with Gasteiger partial charge in [-0.15, -0.1) is 0 Å². The summed E-state index contributed by atoms with van der Waals surface area (Å²) in [6.07, 6.45) is 3.21. The number of hydrogen-bond acceptors (Lipinski definition) is 1. The predicted molar refractivity (Wildman–Crippen MR) is 111 cm³/mol. The number of benzene rings is 3. The number of H-pyrrole nitrogens is 1. The number of rotatable bonds is 6. The first kappa shape index (κ1) is 16.6. The molecule has 0 aliphatic rings. The molecule has 3 N–H and O–H groups in total. The van der Waals surface area contributed by atoms with Crippen LogP contribution in [0.3, 0.4) is 0 Å². The number of nitrogens with one attached hydrogen (secondary N) is 1. The zero-order chi connectivity index (χ0) is 17.8. The number of unbranched alkanes of at least 4 members (excludes halogenated alkanes) is 1. The lowest BCUT2D eigenvalue weighted by Gasteiger charge is -2.06. The van der Waals surface area contributed by atoms with Crippen LogP contribution >= 0.6 is 0 Å². The van der Waals surface area contributed by atoms with Gasteiger partial charge in [0.1, 0.15) is 0 Å². The maximum absolute atomic E-state index is 5.72. The largest absolute Gasteiger partial charge is 0.354 e. The van der Waals surface area contributed by atoms with Crippen LogP contribution in [0.4, 0.5) is 0 Å². The molecule has 2 nitrogen and oxygen atoms in total. The Morgan fingerprint density at radius 3 is 2.08 bits per heavy atom. The topological polar surface area (TPSA) is 41.8 Å². The smallest absolute Gasteiger partial charge is 0.0497 e. The third-order valence-corrected chi connectivity index (χ3v) is 4.96. The highest BCUT2D eigenvalue weighted by molar-refractivity contribution is 5.93. The van der Waals surface area contributed by atoms with Crippen LogP contribution in [0.2, 0.25) is 0 Å². The summed E-state index contributed by atoms with van der Waals surface area (Å²) < 4.78 is 0. The summed E-state index contributed by atoms with van der Waals surface area (Å²) >= 11 is 0. The van der Waals surface area contributed by atoms with Crippen molar-refractivity contribution in [3.05, 3.63) is 84.4 Å². The molecule has 0 saturated carbocycles. The van der Waals surface area contributed by atoms with E-state index in [0.717, 1.165) is 25.8 Å². The molecule has 4 rings (SSSR count). The number of aromatic amines is 1. The van der Waals surface area contributed by atoms with Gasteiger partial charge in [0, 0.05) is 16.6 Å². The average Bonchev–Trinajstić information content (AvgIpc) is 3.07. The molecule has 26 heavy (non-hydrogen) atoms. The van der Waals surface area contributed by atoms with Crippen molar-refractivity contribution in [1.82, 2.24) is 4.98 Å². The summed E-state index contributed by atoms with van der Waals surface area (Å²) in [6, 6.07) is 27.9. The fourth-order valence-electron chi connectivity index (χ4n) is 3.61. The van der Waals surface area contributed by atoms with Crippen LogP contribution in [-0.2, 0) is 6.42 Å². The molecule has 2 heteroatoms. The normalized spacial score (nSPS) is 11.1. The summed E-state index contributed by atoms with van der Waals surface area (Å²) in [5, 5.41) is 1.32. The van der Waals surface area contributed by atoms with Crippen molar-refractivity contribution in [2.45, 2.75) is 19.3 Å². The van der Waals surface area contributed by atoms with Gasteiger partial charge in [-0.1, -0.05) is 66.7 Å². The monoisotopic (exact) mass is 340 g/mol. The second-order valence-electron chi connectivity index (χ2n) is 6.72. The van der Waals surface area contributed by atoms with E-state index < -0.39 is 0 Å². The Balaban J connectivity index is 1.84. The molecule has 0 saturated heterocycles. The standard InChI is InChI=1S/C24H24N2/c25-16-8-7-13-21-22-17-20(18-9-3-1-4-10-18)14-15-23(22)26-24(21)19-11-5-2-6-12-19/h1-6,9-12,14-15,17,26H,7-8,13,16,25H2. The molecule has 1 heterocycles. The van der Waals surface area contributed by atoms with Crippen LogP contribution in [-0.4, -0.2) is 11.5 Å². The van der Waals surface area contributed by atoms with E-state index in [1.54, 1.807) is 0 Å². The second kappa shape index (κ2) is 7.59. The van der Waals surface area contributed by atoms with E-state index in [1.807, 2.05) is 0 Å². The molecule has 0 amide bonds. The fourth-order valence-corrected chi connectivity index (χ4v) is 3.61. The molecular weight excluding hydrogens is 316 g/mol. The summed E-state index contributed by atoms with van der Waals surface area (Å²) in [5.41, 5.74) is 13.3. The van der Waals surface area contributed by atoms with E-state index in [4.69, 9.17) is 5.73 Å². The minimum atomic E-state index is 0.748. The Labute approximate surface area is 154 Å². The Morgan fingerprint density at radius 1 is 0.692 bits per heavy atom. The van der Waals surface area contributed by atoms with Gasteiger partial charge in [-0.2, -0.15) is 0 Å². The summed E-state index contributed by atoms with van der Waals surface area (Å²) in [4.78, 5) is 3.65. The molecule has 4 aromatic rings. The first-order valence-electron chi connectivity index (χ1n) is 9.32. The summed E-state index contributed by atoms with van der Waals surface area (Å²) in [5.74, 6) is 0. The second-order valence-corrected chi connectivity index (χ2v) is 6.72. The van der Waals surface area contributed by atoms with E-state index in [1.165, 1.54) is 38.9 Å². The molecule has 0 fully saturated rings. The van der Waals surface area contributed by atoms with Crippen molar-refractivity contribution >= 4 is 10.9 Å². The molecule has 1 aromatic heterocycles. The van der Waals surface area contributed by atoms with E-state index in [2.05, 4.69) is 83.8 Å². The molecule has 3 aromatic carbocycles. The highest BCUT2D eigenvalue weighted by Gasteiger charge is 2.13. The quantitative estimate of drug-likeness (QED) is 0.429. The zero-order valence-electron chi connectivity index (χ0n) is 14.9. The van der Waals surface area contributed by atoms with Crippen molar-refractivity contribution in [1.29, 1.82) is 0 Å². The van der Waals surface area contributed by atoms with Crippen molar-refractivity contribution in [3.8, 4) is 22.4 Å². The summed E-state index contributed by atoms with van der Waals surface area (Å²) in [7, 11) is 0. The van der Waals surface area contributed by atoms with Crippen LogP contribution in [0.25, 0.3) is 33.3 Å². The van der Waals surface area contributed by atoms with Gasteiger partial charge < -0.3 is 10.7 Å². The van der Waals surface area contributed by atoms with Gasteiger partial charge in [-0.3, -0.25) is 0 Å². The molecule has 0 aliphatic heterocycles. The highest BCUT2D eigenvalue weighted by atomic mass is 14.7. The molecule has 0 radical (unpaired) electrons. The maximum Gasteiger partial charge on any atom is 0.0497 e. The zero-order valence-corrected chi connectivity index (χ0v) is 14.9. The van der Waals surface area contributed by atoms with E-state index in [-0.39, 0.29) is 0 Å². The van der Waals surface area contributed by atoms with Crippen molar-refractivity contribution in [2.24, 2.45) is 5.73 Å². The molecule has 0 unspecified atom stereocenters. The lowest BCUT2D eigenvalue weighted by atomic mass is 9.97. The first-order chi connectivity index (χ1) is 12.9. The molecule has 130 valence electrons. The SMILES string of the molecule is NCCCCc1c(-c2ccccc2)[nH]c2ccc(-c3ccccc3)cc12. The Kier molecular flexibility index (Phi) is 4.85. The lowest BCUT2D eigenvalue weighted by Crippen LogP contribution is -1.99. The molecule has 0 spiro atoms. The van der Waals surface area contributed by atoms with Gasteiger partial charge in [-0.25, -0.2) is 0 Å². The molecule has 0 atom stereocenters. The van der Waals surface area contributed by atoms with Crippen LogP contribution in [0.5, 0.6) is 0 Å². The summed E-state index contributed by atoms with van der Waals surface area (Å²) in [6.45, 7) is 0.748. The number of hydrogen-bond donors (Lipinski definition) is 2. The van der Waals surface area contributed by atoms with Crippen LogP contribution in [0.15, 0.2) is 78.9 Å². The van der Waals surface area contributed by atoms with Crippen LogP contribution in [0, 0.1) is 0 Å². The van der Waals surface area contributed by atoms with Crippen molar-refractivity contribution in [2.75, 3.05) is 6.54 Å². The molecular formula is C24H24N2. The van der Waals surface area contributed by atoms with E-state index in [9.17, 15) is 0 Å². The highest BCUT2D eigenvalue weighted by Crippen LogP contribution is 2.34. The van der Waals surface area contributed by atoms with E-state index in [0.29, 0.717) is 0 Å². The van der Waals surface area contributed by atoms with Gasteiger partial charge in [0.25, 0.3) is 0 Å². The van der Waals surface area contributed by atoms with Crippen molar-refractivity contribution < 1.29 is 0 Å². The third-order valence-electron chi connectivity index (χ3n) is 4.96. The van der Waals surface area contributed by atoms with Gasteiger partial charge in [-0.05, 0) is 60.2 Å². The van der Waals surface area contributed by atoms with E-state index >= 15 is 0 Å². The van der Waals surface area contributed by atoms with Crippen LogP contribution < -0.4 is 5.73 Å². The number of aromatic nitrogens is 1. The minimum Gasteiger partial charge on any atom is -0.354 e. The number of aryl methyl sites for hydroxylation is 1. The lowest BCUT2D eigenvalue weighted by molar-refractivity contribution is 0.748. The van der Waals surface area contributed by atoms with Crippen LogP contribution in [0.1, 0.15) is 18.4 Å². The van der Waals surface area contributed by atoms with Gasteiger partial charge >= 0.3 is 0 Å². The predicted octanol–water partition coefficient (Wildman–Crippen LogP) is 5.78.